The molecule has 1 N–H and O–H groups in total. The minimum absolute atomic E-state index is 0.350. The molecule has 0 unspecified atom stereocenters. The van der Waals surface area contributed by atoms with Crippen LogP contribution in [0.1, 0.15) is 44.9 Å². The summed E-state index contributed by atoms with van der Waals surface area (Å²) in [5, 5.41) is 9.19. The fraction of sp³-hybridized carbons (Fsp3) is 0.917. The summed E-state index contributed by atoms with van der Waals surface area (Å²) in [7, 11) is 0. The molecule has 1 saturated heterocycles. The van der Waals surface area contributed by atoms with Gasteiger partial charge in [-0.3, -0.25) is 4.79 Å². The third kappa shape index (κ3) is 2.33. The maximum Gasteiger partial charge on any atom is 0.309 e. The zero-order chi connectivity index (χ0) is 10.7. The van der Waals surface area contributed by atoms with Crippen LogP contribution in [0.25, 0.3) is 0 Å². The standard InChI is InChI=1S/C12H21NO2/c14-11(15)12(5-4-6-12)7-10-13-8-2-1-3-9-13/h1-10H2,(H,14,15). The summed E-state index contributed by atoms with van der Waals surface area (Å²) in [4.78, 5) is 13.6. The van der Waals surface area contributed by atoms with Gasteiger partial charge in [-0.1, -0.05) is 12.8 Å². The Kier molecular flexibility index (Phi) is 3.29. The molecule has 0 bridgehead atoms. The second-order valence-electron chi connectivity index (χ2n) is 5.09. The van der Waals surface area contributed by atoms with Crippen LogP contribution < -0.4 is 0 Å². The Balaban J connectivity index is 1.78. The topological polar surface area (TPSA) is 40.5 Å². The molecule has 2 rings (SSSR count). The van der Waals surface area contributed by atoms with E-state index in [2.05, 4.69) is 4.90 Å². The van der Waals surface area contributed by atoms with Crippen LogP contribution in [0.15, 0.2) is 0 Å². The number of likely N-dealkylation sites (tertiary alicyclic amines) is 1. The molecule has 3 nitrogen and oxygen atoms in total. The summed E-state index contributed by atoms with van der Waals surface area (Å²) < 4.78 is 0. The maximum absolute atomic E-state index is 11.2. The number of piperidine rings is 1. The van der Waals surface area contributed by atoms with E-state index in [0.717, 1.165) is 32.2 Å². The maximum atomic E-state index is 11.2. The van der Waals surface area contributed by atoms with Crippen LogP contribution in [0, 0.1) is 5.41 Å². The highest BCUT2D eigenvalue weighted by Gasteiger charge is 2.43. The highest BCUT2D eigenvalue weighted by Crippen LogP contribution is 2.44. The van der Waals surface area contributed by atoms with E-state index in [0.29, 0.717) is 0 Å². The molecular weight excluding hydrogens is 190 g/mol. The summed E-state index contributed by atoms with van der Waals surface area (Å²) in [6.07, 6.45) is 7.70. The van der Waals surface area contributed by atoms with Crippen LogP contribution in [0.2, 0.25) is 0 Å². The van der Waals surface area contributed by atoms with Gasteiger partial charge >= 0.3 is 5.97 Å². The van der Waals surface area contributed by atoms with Gasteiger partial charge in [0.15, 0.2) is 0 Å². The van der Waals surface area contributed by atoms with Crippen molar-refractivity contribution in [1.29, 1.82) is 0 Å². The Labute approximate surface area is 91.5 Å². The molecule has 2 aliphatic rings. The molecule has 1 heterocycles. The number of hydrogen-bond donors (Lipinski definition) is 1. The van der Waals surface area contributed by atoms with Crippen LogP contribution in [-0.4, -0.2) is 35.6 Å². The molecule has 3 heteroatoms. The molecule has 0 aromatic heterocycles. The smallest absolute Gasteiger partial charge is 0.309 e. The summed E-state index contributed by atoms with van der Waals surface area (Å²) in [6.45, 7) is 3.34. The van der Waals surface area contributed by atoms with Gasteiger partial charge in [0.2, 0.25) is 0 Å². The molecule has 0 radical (unpaired) electrons. The van der Waals surface area contributed by atoms with Crippen LogP contribution in [0.5, 0.6) is 0 Å². The van der Waals surface area contributed by atoms with Crippen molar-refractivity contribution in [2.45, 2.75) is 44.9 Å². The second kappa shape index (κ2) is 4.52. The van der Waals surface area contributed by atoms with Gasteiger partial charge in [-0.15, -0.1) is 0 Å². The predicted molar refractivity (Wildman–Crippen MR) is 58.8 cm³/mol. The molecule has 1 aliphatic heterocycles. The molecule has 1 saturated carbocycles. The first-order valence-corrected chi connectivity index (χ1v) is 6.19. The molecule has 86 valence electrons. The largest absolute Gasteiger partial charge is 0.481 e. The summed E-state index contributed by atoms with van der Waals surface area (Å²) in [6, 6.07) is 0. The third-order valence-corrected chi connectivity index (χ3v) is 4.12. The zero-order valence-corrected chi connectivity index (χ0v) is 9.37. The van der Waals surface area contributed by atoms with E-state index in [4.69, 9.17) is 0 Å². The van der Waals surface area contributed by atoms with Gasteiger partial charge in [-0.2, -0.15) is 0 Å². The number of hydrogen-bond acceptors (Lipinski definition) is 2. The van der Waals surface area contributed by atoms with Crippen molar-refractivity contribution in [1.82, 2.24) is 4.90 Å². The molecule has 0 amide bonds. The highest BCUT2D eigenvalue weighted by atomic mass is 16.4. The second-order valence-corrected chi connectivity index (χ2v) is 5.09. The first-order valence-electron chi connectivity index (χ1n) is 6.19. The van der Waals surface area contributed by atoms with Gasteiger partial charge in [0.25, 0.3) is 0 Å². The molecule has 0 atom stereocenters. The van der Waals surface area contributed by atoms with Crippen LogP contribution >= 0.6 is 0 Å². The normalized spacial score (nSPS) is 25.9. The number of carboxylic acids is 1. The fourth-order valence-electron chi connectivity index (χ4n) is 2.73. The van der Waals surface area contributed by atoms with E-state index in [1.54, 1.807) is 0 Å². The van der Waals surface area contributed by atoms with Gasteiger partial charge in [-0.05, 0) is 51.7 Å². The van der Waals surface area contributed by atoms with Gasteiger partial charge in [-0.25, -0.2) is 0 Å². The van der Waals surface area contributed by atoms with E-state index in [1.165, 1.54) is 32.4 Å². The van der Waals surface area contributed by atoms with Gasteiger partial charge in [0.1, 0.15) is 0 Å². The van der Waals surface area contributed by atoms with E-state index >= 15 is 0 Å². The molecule has 2 fully saturated rings. The fourth-order valence-corrected chi connectivity index (χ4v) is 2.73. The summed E-state index contributed by atoms with van der Waals surface area (Å²) in [5.74, 6) is -0.564. The monoisotopic (exact) mass is 211 g/mol. The van der Waals surface area contributed by atoms with Crippen molar-refractivity contribution in [2.24, 2.45) is 5.41 Å². The predicted octanol–water partition coefficient (Wildman–Crippen LogP) is 2.12. The average Bonchev–Trinajstić information content (AvgIpc) is 2.17. The van der Waals surface area contributed by atoms with Crippen LogP contribution in [-0.2, 0) is 4.79 Å². The van der Waals surface area contributed by atoms with Crippen LogP contribution in [0.4, 0.5) is 0 Å². The molecular formula is C12H21NO2. The van der Waals surface area contributed by atoms with Crippen molar-refractivity contribution >= 4 is 5.97 Å². The Hall–Kier alpha value is -0.570. The zero-order valence-electron chi connectivity index (χ0n) is 9.37. The van der Waals surface area contributed by atoms with Crippen molar-refractivity contribution in [3.05, 3.63) is 0 Å². The van der Waals surface area contributed by atoms with Crippen molar-refractivity contribution in [3.63, 3.8) is 0 Å². The molecule has 0 aromatic rings. The molecule has 1 aliphatic carbocycles. The van der Waals surface area contributed by atoms with E-state index in [-0.39, 0.29) is 5.41 Å². The minimum Gasteiger partial charge on any atom is -0.481 e. The Morgan fingerprint density at radius 3 is 2.27 bits per heavy atom. The number of carboxylic acid groups (broad SMARTS) is 1. The third-order valence-electron chi connectivity index (χ3n) is 4.12. The number of nitrogens with zero attached hydrogens (tertiary/aromatic N) is 1. The summed E-state index contributed by atoms with van der Waals surface area (Å²) >= 11 is 0. The lowest BCUT2D eigenvalue weighted by Crippen LogP contribution is -2.42. The van der Waals surface area contributed by atoms with Crippen molar-refractivity contribution < 1.29 is 9.90 Å². The van der Waals surface area contributed by atoms with Crippen molar-refractivity contribution in [2.75, 3.05) is 19.6 Å². The first kappa shape index (κ1) is 10.9. The number of rotatable bonds is 4. The quantitative estimate of drug-likeness (QED) is 0.774. The lowest BCUT2D eigenvalue weighted by Gasteiger charge is -2.39. The highest BCUT2D eigenvalue weighted by molar-refractivity contribution is 5.75. The van der Waals surface area contributed by atoms with E-state index < -0.39 is 5.97 Å². The van der Waals surface area contributed by atoms with Crippen molar-refractivity contribution in [3.8, 4) is 0 Å². The molecule has 0 aromatic carbocycles. The summed E-state index contributed by atoms with van der Waals surface area (Å²) in [5.41, 5.74) is -0.350. The van der Waals surface area contributed by atoms with Gasteiger partial charge in [0.05, 0.1) is 5.41 Å². The Morgan fingerprint density at radius 1 is 1.13 bits per heavy atom. The van der Waals surface area contributed by atoms with Gasteiger partial charge in [0, 0.05) is 0 Å². The Morgan fingerprint density at radius 2 is 1.80 bits per heavy atom. The minimum atomic E-state index is -0.564. The van der Waals surface area contributed by atoms with E-state index in [1.807, 2.05) is 0 Å². The molecule has 15 heavy (non-hydrogen) atoms. The lowest BCUT2D eigenvalue weighted by atomic mass is 9.66. The van der Waals surface area contributed by atoms with Crippen LogP contribution in [0.3, 0.4) is 0 Å². The lowest BCUT2D eigenvalue weighted by molar-refractivity contribution is -0.155. The van der Waals surface area contributed by atoms with Gasteiger partial charge < -0.3 is 10.0 Å². The Bertz CT molecular complexity index is 230. The first-order chi connectivity index (χ1) is 7.23. The number of aliphatic carboxylic acids is 1. The molecule has 0 spiro atoms. The number of carbonyl (C=O) groups is 1. The van der Waals surface area contributed by atoms with E-state index in [9.17, 15) is 9.90 Å². The SMILES string of the molecule is O=C(O)C1(CCN2CCCCC2)CCC1. The average molecular weight is 211 g/mol.